The first-order valence-corrected chi connectivity index (χ1v) is 17.4. The van der Waals surface area contributed by atoms with Crippen LogP contribution < -0.4 is 0 Å². The van der Waals surface area contributed by atoms with Crippen molar-refractivity contribution >= 4 is 0 Å². The number of ether oxygens (including phenoxy) is 2. The van der Waals surface area contributed by atoms with Gasteiger partial charge in [-0.1, -0.05) is 46.3 Å². The van der Waals surface area contributed by atoms with Crippen LogP contribution in [0.1, 0.15) is 107 Å². The Bertz CT molecular complexity index is 1100. The normalized spacial score (nSPS) is 52.2. The molecule has 5 rings (SSSR count). The highest BCUT2D eigenvalue weighted by atomic mass is 16.7. The number of aliphatic hydroxyl groups is 7. The maximum atomic E-state index is 12.1. The smallest absolute Gasteiger partial charge is 0.186 e. The third kappa shape index (κ3) is 5.48. The number of allylic oxidation sites excluding steroid dienone is 2. The maximum Gasteiger partial charge on any atom is 0.186 e. The van der Waals surface area contributed by atoms with E-state index in [9.17, 15) is 35.7 Å². The lowest BCUT2D eigenvalue weighted by Crippen LogP contribution is -2.71. The molecule has 7 N–H and O–H groups in total. The molecule has 0 spiro atoms. The minimum atomic E-state index is -1.54. The summed E-state index contributed by atoms with van der Waals surface area (Å²) >= 11 is 0. The molecule has 0 aromatic carbocycles. The third-order valence-electron chi connectivity index (χ3n) is 14.4. The first-order chi connectivity index (χ1) is 20.8. The molecule has 9 heteroatoms. The molecule has 1 heterocycles. The van der Waals surface area contributed by atoms with E-state index in [-0.39, 0.29) is 39.9 Å². The van der Waals surface area contributed by atoms with Crippen LogP contribution in [0.3, 0.4) is 0 Å². The molecule has 260 valence electrons. The van der Waals surface area contributed by atoms with E-state index in [1.807, 2.05) is 6.92 Å². The number of hydrogen-bond donors (Lipinski definition) is 7. The van der Waals surface area contributed by atoms with E-state index in [1.54, 1.807) is 0 Å². The van der Waals surface area contributed by atoms with Gasteiger partial charge in [-0.2, -0.15) is 0 Å². The van der Waals surface area contributed by atoms with Gasteiger partial charge in [-0.05, 0) is 117 Å². The molecule has 0 amide bonds. The Hall–Kier alpha value is -0.620. The summed E-state index contributed by atoms with van der Waals surface area (Å²) in [5, 5.41) is 77.2. The summed E-state index contributed by atoms with van der Waals surface area (Å²) in [6, 6.07) is 0. The largest absolute Gasteiger partial charge is 0.394 e. The van der Waals surface area contributed by atoms with Gasteiger partial charge < -0.3 is 45.2 Å². The molecular formula is C36H62O9. The standard InChI is InChI=1S/C36H62O9/c1-19(2)10-9-13-36(8,43)20-11-15-34(6)26(20)21(38)16-24-33(5)14-12-25(39)32(3,4)30(33)22(17-35(24,34)7)44-31-29(42)28(41)27(40)23(18-37)45-31/h10,20-31,37-43H,9,11-18H2,1-8H3/t20-,21+,22-,23+,24+,25-,26-,27+,28-,29+,30-,31+,33+,34-,35+,36?/m0/s1. The van der Waals surface area contributed by atoms with Crippen molar-refractivity contribution in [2.24, 2.45) is 45.3 Å². The van der Waals surface area contributed by atoms with Crippen LogP contribution in [-0.2, 0) is 9.47 Å². The van der Waals surface area contributed by atoms with Crippen molar-refractivity contribution in [2.75, 3.05) is 6.61 Å². The summed E-state index contributed by atoms with van der Waals surface area (Å²) in [6.07, 6.45) is -0.603. The van der Waals surface area contributed by atoms with E-state index in [0.29, 0.717) is 25.7 Å². The maximum absolute atomic E-state index is 12.1. The SMILES string of the molecule is CC(C)=CCCC(C)(O)[C@H]1CC[C@@]2(C)[C@@H]1[C@H](O)C[C@@H]1[C@@]3(C)CC[C@H](O)C(C)(C)[C@@H]3[C@@H](O[C@@H]3O[C@H](CO)[C@@H](O)[C@H](O)[C@H]3O)C[C@]12C. The minimum absolute atomic E-state index is 0.0548. The van der Waals surface area contributed by atoms with Gasteiger partial charge in [0.2, 0.25) is 0 Å². The van der Waals surface area contributed by atoms with Gasteiger partial charge in [0.1, 0.15) is 24.4 Å². The molecule has 0 aromatic rings. The zero-order chi connectivity index (χ0) is 33.5. The fraction of sp³-hybridized carbons (Fsp3) is 0.944. The fourth-order valence-corrected chi connectivity index (χ4v) is 11.9. The molecule has 0 aromatic heterocycles. The molecule has 16 atom stereocenters. The van der Waals surface area contributed by atoms with Crippen molar-refractivity contribution in [1.29, 1.82) is 0 Å². The average molecular weight is 639 g/mol. The van der Waals surface area contributed by atoms with E-state index >= 15 is 0 Å². The van der Waals surface area contributed by atoms with Crippen molar-refractivity contribution in [2.45, 2.75) is 161 Å². The topological polar surface area (TPSA) is 160 Å². The fourth-order valence-electron chi connectivity index (χ4n) is 11.9. The lowest BCUT2D eigenvalue weighted by Gasteiger charge is -2.72. The third-order valence-corrected chi connectivity index (χ3v) is 14.4. The van der Waals surface area contributed by atoms with Crippen molar-refractivity contribution in [3.63, 3.8) is 0 Å². The van der Waals surface area contributed by atoms with E-state index in [2.05, 4.69) is 54.5 Å². The Kier molecular flexibility index (Phi) is 9.56. The zero-order valence-corrected chi connectivity index (χ0v) is 28.8. The average Bonchev–Trinajstić information content (AvgIpc) is 3.33. The van der Waals surface area contributed by atoms with E-state index < -0.39 is 66.6 Å². The van der Waals surface area contributed by atoms with E-state index in [1.165, 1.54) is 5.57 Å². The molecule has 4 saturated carbocycles. The summed E-state index contributed by atoms with van der Waals surface area (Å²) in [4.78, 5) is 0. The van der Waals surface area contributed by atoms with Gasteiger partial charge in [-0.25, -0.2) is 0 Å². The number of aliphatic hydroxyl groups excluding tert-OH is 6. The van der Waals surface area contributed by atoms with Crippen molar-refractivity contribution in [3.05, 3.63) is 11.6 Å². The quantitative estimate of drug-likeness (QED) is 0.164. The van der Waals surface area contributed by atoms with Gasteiger partial charge in [0, 0.05) is 0 Å². The minimum Gasteiger partial charge on any atom is -0.394 e. The molecule has 1 aliphatic heterocycles. The first-order valence-electron chi connectivity index (χ1n) is 17.4. The van der Waals surface area contributed by atoms with Crippen LogP contribution in [-0.4, -0.2) is 97.0 Å². The Morgan fingerprint density at radius 1 is 0.933 bits per heavy atom. The molecule has 0 radical (unpaired) electrons. The molecule has 9 nitrogen and oxygen atoms in total. The highest BCUT2D eigenvalue weighted by Gasteiger charge is 2.73. The summed E-state index contributed by atoms with van der Waals surface area (Å²) in [7, 11) is 0. The van der Waals surface area contributed by atoms with Crippen LogP contribution >= 0.6 is 0 Å². The summed E-state index contributed by atoms with van der Waals surface area (Å²) < 4.78 is 12.6. The molecule has 1 unspecified atom stereocenters. The van der Waals surface area contributed by atoms with Crippen LogP contribution in [0.5, 0.6) is 0 Å². The van der Waals surface area contributed by atoms with E-state index in [4.69, 9.17) is 9.47 Å². The Balaban J connectivity index is 1.54. The van der Waals surface area contributed by atoms with Crippen LogP contribution in [0.2, 0.25) is 0 Å². The number of hydrogen-bond acceptors (Lipinski definition) is 9. The molecule has 0 bridgehead atoms. The van der Waals surface area contributed by atoms with Gasteiger partial charge in [0.25, 0.3) is 0 Å². The number of fused-ring (bicyclic) bond motifs is 5. The molecular weight excluding hydrogens is 576 g/mol. The summed E-state index contributed by atoms with van der Waals surface area (Å²) in [5.41, 5.74) is -1.21. The monoisotopic (exact) mass is 638 g/mol. The molecule has 5 fully saturated rings. The van der Waals surface area contributed by atoms with Gasteiger partial charge in [0.05, 0.1) is 30.5 Å². The second-order valence-electron chi connectivity index (χ2n) is 17.5. The molecule has 45 heavy (non-hydrogen) atoms. The summed E-state index contributed by atoms with van der Waals surface area (Å²) in [6.45, 7) is 16.6. The Morgan fingerprint density at radius 2 is 1.60 bits per heavy atom. The van der Waals surface area contributed by atoms with Gasteiger partial charge in [0.15, 0.2) is 6.29 Å². The van der Waals surface area contributed by atoms with Crippen molar-refractivity contribution in [3.8, 4) is 0 Å². The second-order valence-corrected chi connectivity index (χ2v) is 17.5. The first kappa shape index (κ1) is 35.7. The number of rotatable bonds is 7. The predicted octanol–water partition coefficient (Wildman–Crippen LogP) is 3.30. The van der Waals surface area contributed by atoms with Gasteiger partial charge in [-0.15, -0.1) is 0 Å². The predicted molar refractivity (Wildman–Crippen MR) is 170 cm³/mol. The van der Waals surface area contributed by atoms with Crippen molar-refractivity contribution in [1.82, 2.24) is 0 Å². The highest BCUT2D eigenvalue weighted by Crippen LogP contribution is 2.76. The van der Waals surface area contributed by atoms with Crippen molar-refractivity contribution < 1.29 is 45.2 Å². The van der Waals surface area contributed by atoms with Crippen LogP contribution in [0.25, 0.3) is 0 Å². The molecule has 1 saturated heterocycles. The van der Waals surface area contributed by atoms with Gasteiger partial charge in [-0.3, -0.25) is 0 Å². The highest BCUT2D eigenvalue weighted by molar-refractivity contribution is 5.22. The zero-order valence-electron chi connectivity index (χ0n) is 28.8. The Labute approximate surface area is 270 Å². The lowest BCUT2D eigenvalue weighted by atomic mass is 9.34. The van der Waals surface area contributed by atoms with Crippen LogP contribution in [0, 0.1) is 45.3 Å². The molecule has 5 aliphatic rings. The van der Waals surface area contributed by atoms with Crippen LogP contribution in [0.4, 0.5) is 0 Å². The molecule has 4 aliphatic carbocycles. The van der Waals surface area contributed by atoms with Gasteiger partial charge >= 0.3 is 0 Å². The lowest BCUT2D eigenvalue weighted by molar-refractivity contribution is -0.346. The van der Waals surface area contributed by atoms with Crippen LogP contribution in [0.15, 0.2) is 11.6 Å². The Morgan fingerprint density at radius 3 is 2.22 bits per heavy atom. The summed E-state index contributed by atoms with van der Waals surface area (Å²) in [5.74, 6) is -0.186. The van der Waals surface area contributed by atoms with E-state index in [0.717, 1.165) is 25.7 Å². The second kappa shape index (κ2) is 12.1.